The van der Waals surface area contributed by atoms with Crippen molar-refractivity contribution in [2.75, 3.05) is 4.90 Å². The second-order valence-corrected chi connectivity index (χ2v) is 6.80. The van der Waals surface area contributed by atoms with Crippen molar-refractivity contribution in [1.29, 1.82) is 0 Å². The van der Waals surface area contributed by atoms with Crippen molar-refractivity contribution in [2.24, 2.45) is 0 Å². The van der Waals surface area contributed by atoms with Crippen LogP contribution >= 0.6 is 0 Å². The molecule has 2 aromatic heterocycles. The minimum atomic E-state index is -1.12. The molecule has 0 unspecified atom stereocenters. The van der Waals surface area contributed by atoms with Gasteiger partial charge in [-0.3, -0.25) is 4.90 Å². The highest BCUT2D eigenvalue weighted by atomic mass is 19.1. The molecule has 2 aromatic carbocycles. The van der Waals surface area contributed by atoms with Crippen molar-refractivity contribution in [1.82, 2.24) is 19.6 Å². The number of carbonyl (C=O) groups is 1. The van der Waals surface area contributed by atoms with Gasteiger partial charge in [-0.05, 0) is 37.6 Å². The summed E-state index contributed by atoms with van der Waals surface area (Å²) >= 11 is 0. The van der Waals surface area contributed by atoms with E-state index in [4.69, 9.17) is 0 Å². The van der Waals surface area contributed by atoms with E-state index >= 15 is 0 Å². The smallest absolute Gasteiger partial charge is 0.412 e. The number of rotatable bonds is 4. The predicted octanol–water partition coefficient (Wildman–Crippen LogP) is 4.49. The van der Waals surface area contributed by atoms with Crippen LogP contribution < -0.4 is 4.90 Å². The SMILES string of the molecule is CC(C)N(C(=O)O)c1ccc(F)c(-c2nc3ncc(-c4ccccc4)cn3n2)c1. The summed E-state index contributed by atoms with van der Waals surface area (Å²) < 4.78 is 16.0. The van der Waals surface area contributed by atoms with E-state index in [2.05, 4.69) is 15.1 Å². The Bertz CT molecular complexity index is 1190. The summed E-state index contributed by atoms with van der Waals surface area (Å²) in [5.74, 6) is -0.0818. The van der Waals surface area contributed by atoms with Gasteiger partial charge in [0.2, 0.25) is 0 Å². The van der Waals surface area contributed by atoms with Gasteiger partial charge in [-0.25, -0.2) is 18.7 Å². The van der Waals surface area contributed by atoms with Gasteiger partial charge in [0.25, 0.3) is 5.78 Å². The zero-order chi connectivity index (χ0) is 20.5. The average molecular weight is 391 g/mol. The molecule has 4 aromatic rings. The zero-order valence-electron chi connectivity index (χ0n) is 15.8. The Kier molecular flexibility index (Phi) is 4.67. The molecule has 0 aliphatic heterocycles. The van der Waals surface area contributed by atoms with Crippen LogP contribution in [0.25, 0.3) is 28.3 Å². The molecule has 29 heavy (non-hydrogen) atoms. The number of benzene rings is 2. The summed E-state index contributed by atoms with van der Waals surface area (Å²) in [4.78, 5) is 21.3. The molecule has 1 N–H and O–H groups in total. The van der Waals surface area contributed by atoms with Crippen LogP contribution in [0.3, 0.4) is 0 Å². The topological polar surface area (TPSA) is 83.6 Å². The molecule has 4 rings (SSSR count). The molecule has 0 saturated heterocycles. The maximum atomic E-state index is 14.5. The number of amides is 1. The number of hydrogen-bond acceptors (Lipinski definition) is 4. The lowest BCUT2D eigenvalue weighted by Crippen LogP contribution is -2.35. The van der Waals surface area contributed by atoms with Gasteiger partial charge in [-0.1, -0.05) is 30.3 Å². The van der Waals surface area contributed by atoms with Crippen LogP contribution in [0.2, 0.25) is 0 Å². The molecular weight excluding hydrogens is 373 g/mol. The zero-order valence-corrected chi connectivity index (χ0v) is 15.8. The lowest BCUT2D eigenvalue weighted by Gasteiger charge is -2.23. The summed E-state index contributed by atoms with van der Waals surface area (Å²) in [7, 11) is 0. The summed E-state index contributed by atoms with van der Waals surface area (Å²) in [6.07, 6.45) is 2.34. The molecular formula is C21H18FN5O2. The lowest BCUT2D eigenvalue weighted by atomic mass is 10.1. The number of carboxylic acid groups (broad SMARTS) is 1. The second kappa shape index (κ2) is 7.31. The third-order valence-electron chi connectivity index (χ3n) is 4.49. The van der Waals surface area contributed by atoms with Crippen molar-refractivity contribution >= 4 is 17.6 Å². The number of hydrogen-bond donors (Lipinski definition) is 1. The Balaban J connectivity index is 1.78. The fourth-order valence-corrected chi connectivity index (χ4v) is 3.14. The fourth-order valence-electron chi connectivity index (χ4n) is 3.14. The molecule has 8 heteroatoms. The molecule has 0 spiro atoms. The normalized spacial score (nSPS) is 11.2. The Morgan fingerprint density at radius 2 is 1.90 bits per heavy atom. The van der Waals surface area contributed by atoms with Crippen molar-refractivity contribution in [3.63, 3.8) is 0 Å². The molecule has 2 heterocycles. The standard InChI is InChI=1S/C21H18FN5O2/c1-13(2)27(21(28)29)16-8-9-18(22)17(10-16)19-24-20-23-11-15(12-26(20)25-19)14-6-4-3-5-7-14/h3-13H,1-2H3,(H,28,29). The van der Waals surface area contributed by atoms with E-state index in [0.29, 0.717) is 11.5 Å². The lowest BCUT2D eigenvalue weighted by molar-refractivity contribution is 0.200. The largest absolute Gasteiger partial charge is 0.465 e. The van der Waals surface area contributed by atoms with Crippen LogP contribution in [0.5, 0.6) is 0 Å². The van der Waals surface area contributed by atoms with Gasteiger partial charge in [0.05, 0.1) is 5.56 Å². The van der Waals surface area contributed by atoms with Crippen molar-refractivity contribution in [3.05, 3.63) is 66.7 Å². The molecule has 0 aliphatic carbocycles. The molecule has 0 radical (unpaired) electrons. The molecule has 0 saturated carbocycles. The Morgan fingerprint density at radius 1 is 1.14 bits per heavy atom. The van der Waals surface area contributed by atoms with E-state index in [0.717, 1.165) is 16.0 Å². The van der Waals surface area contributed by atoms with Gasteiger partial charge in [0, 0.05) is 29.7 Å². The summed E-state index contributed by atoms with van der Waals surface area (Å²) in [6, 6.07) is 13.5. The molecule has 0 bridgehead atoms. The van der Waals surface area contributed by atoms with E-state index in [1.165, 1.54) is 22.7 Å². The summed E-state index contributed by atoms with van der Waals surface area (Å²) in [6.45, 7) is 3.49. The van der Waals surface area contributed by atoms with E-state index < -0.39 is 11.9 Å². The maximum Gasteiger partial charge on any atom is 0.412 e. The van der Waals surface area contributed by atoms with Crippen LogP contribution in [-0.4, -0.2) is 36.8 Å². The van der Waals surface area contributed by atoms with Crippen LogP contribution in [0.4, 0.5) is 14.9 Å². The average Bonchev–Trinajstić information content (AvgIpc) is 3.12. The number of halogens is 1. The van der Waals surface area contributed by atoms with E-state index in [1.54, 1.807) is 26.2 Å². The van der Waals surface area contributed by atoms with E-state index in [1.807, 2.05) is 30.3 Å². The van der Waals surface area contributed by atoms with Gasteiger partial charge in [-0.2, -0.15) is 4.98 Å². The first-order chi connectivity index (χ1) is 13.9. The minimum absolute atomic E-state index is 0.112. The van der Waals surface area contributed by atoms with E-state index in [9.17, 15) is 14.3 Å². The number of aromatic nitrogens is 4. The molecule has 0 fully saturated rings. The predicted molar refractivity (Wildman–Crippen MR) is 107 cm³/mol. The first-order valence-corrected chi connectivity index (χ1v) is 9.04. The molecule has 0 atom stereocenters. The molecule has 1 amide bonds. The van der Waals surface area contributed by atoms with Crippen LogP contribution in [0.1, 0.15) is 13.8 Å². The third-order valence-corrected chi connectivity index (χ3v) is 4.49. The number of anilines is 1. The van der Waals surface area contributed by atoms with Crippen LogP contribution in [0.15, 0.2) is 60.9 Å². The van der Waals surface area contributed by atoms with Crippen molar-refractivity contribution in [2.45, 2.75) is 19.9 Å². The quantitative estimate of drug-likeness (QED) is 0.554. The maximum absolute atomic E-state index is 14.5. The first-order valence-electron chi connectivity index (χ1n) is 9.04. The van der Waals surface area contributed by atoms with Crippen LogP contribution in [0, 0.1) is 5.82 Å². The van der Waals surface area contributed by atoms with Crippen LogP contribution in [-0.2, 0) is 0 Å². The number of fused-ring (bicyclic) bond motifs is 1. The Hall–Kier alpha value is -3.81. The second-order valence-electron chi connectivity index (χ2n) is 6.80. The first kappa shape index (κ1) is 18.5. The highest BCUT2D eigenvalue weighted by Gasteiger charge is 2.21. The van der Waals surface area contributed by atoms with Gasteiger partial charge in [0.15, 0.2) is 5.82 Å². The van der Waals surface area contributed by atoms with Crippen molar-refractivity contribution in [3.8, 4) is 22.5 Å². The van der Waals surface area contributed by atoms with Gasteiger partial charge >= 0.3 is 6.09 Å². The van der Waals surface area contributed by atoms with E-state index in [-0.39, 0.29) is 17.4 Å². The summed E-state index contributed by atoms with van der Waals surface area (Å²) in [5.41, 5.74) is 2.28. The molecule has 146 valence electrons. The highest BCUT2D eigenvalue weighted by Crippen LogP contribution is 2.27. The highest BCUT2D eigenvalue weighted by molar-refractivity contribution is 5.87. The monoisotopic (exact) mass is 391 g/mol. The number of nitrogens with zero attached hydrogens (tertiary/aromatic N) is 5. The van der Waals surface area contributed by atoms with Gasteiger partial charge in [-0.15, -0.1) is 5.10 Å². The Morgan fingerprint density at radius 3 is 2.59 bits per heavy atom. The fraction of sp³-hybridized carbons (Fsp3) is 0.143. The Labute approximate surface area is 166 Å². The summed E-state index contributed by atoms with van der Waals surface area (Å²) in [5, 5.41) is 13.8. The minimum Gasteiger partial charge on any atom is -0.465 e. The molecule has 0 aliphatic rings. The molecule has 7 nitrogen and oxygen atoms in total. The van der Waals surface area contributed by atoms with Crippen molar-refractivity contribution < 1.29 is 14.3 Å². The van der Waals surface area contributed by atoms with Gasteiger partial charge < -0.3 is 5.11 Å². The van der Waals surface area contributed by atoms with Gasteiger partial charge in [0.1, 0.15) is 5.82 Å². The third kappa shape index (κ3) is 3.52.